The Kier molecular flexibility index (Phi) is 5.11. The van der Waals surface area contributed by atoms with Crippen LogP contribution in [0.25, 0.3) is 0 Å². The van der Waals surface area contributed by atoms with E-state index in [1.165, 1.54) is 19.3 Å². The zero-order valence-corrected chi connectivity index (χ0v) is 11.8. The van der Waals surface area contributed by atoms with Gasteiger partial charge in [0.05, 0.1) is 18.4 Å². The molecule has 18 heavy (non-hydrogen) atoms. The van der Waals surface area contributed by atoms with Crippen molar-refractivity contribution in [3.63, 3.8) is 0 Å². The van der Waals surface area contributed by atoms with Crippen LogP contribution in [0, 0.1) is 0 Å². The van der Waals surface area contributed by atoms with Gasteiger partial charge in [-0.3, -0.25) is 4.79 Å². The van der Waals surface area contributed by atoms with Crippen molar-refractivity contribution < 1.29 is 0 Å². The van der Waals surface area contributed by atoms with E-state index >= 15 is 0 Å². The lowest BCUT2D eigenvalue weighted by atomic mass is 10.1. The second kappa shape index (κ2) is 6.83. The molecule has 0 aliphatic carbocycles. The monoisotopic (exact) mass is 267 g/mol. The van der Waals surface area contributed by atoms with Gasteiger partial charge >= 0.3 is 0 Å². The molecule has 1 aromatic heterocycles. The summed E-state index contributed by atoms with van der Waals surface area (Å²) in [7, 11) is 0. The predicted molar refractivity (Wildman–Crippen MR) is 77.6 cm³/mol. The second-order valence-electron chi connectivity index (χ2n) is 4.52. The van der Waals surface area contributed by atoms with Crippen molar-refractivity contribution in [2.75, 3.05) is 29.5 Å². The molecule has 1 saturated heterocycles. The van der Waals surface area contributed by atoms with Gasteiger partial charge in [0, 0.05) is 24.9 Å². The van der Waals surface area contributed by atoms with Crippen LogP contribution in [0.5, 0.6) is 0 Å². The van der Waals surface area contributed by atoms with Crippen molar-refractivity contribution in [1.29, 1.82) is 0 Å². The van der Waals surface area contributed by atoms with Gasteiger partial charge in [0.2, 0.25) is 0 Å². The average molecular weight is 267 g/mol. The molecule has 0 saturated carbocycles. The molecular weight excluding hydrogens is 246 g/mol. The molecule has 0 unspecified atom stereocenters. The summed E-state index contributed by atoms with van der Waals surface area (Å²) in [5.74, 6) is 2.03. The maximum Gasteiger partial charge on any atom is 0.268 e. The molecule has 0 radical (unpaired) electrons. The third-order valence-corrected chi connectivity index (χ3v) is 4.11. The lowest BCUT2D eigenvalue weighted by Crippen LogP contribution is -2.32. The first-order chi connectivity index (χ1) is 8.81. The van der Waals surface area contributed by atoms with Crippen LogP contribution in [0.15, 0.2) is 17.1 Å². The molecular formula is C13H21N3OS. The van der Waals surface area contributed by atoms with Crippen molar-refractivity contribution in [3.05, 3.63) is 22.6 Å². The van der Waals surface area contributed by atoms with E-state index in [4.69, 9.17) is 0 Å². The van der Waals surface area contributed by atoms with E-state index in [1.807, 2.05) is 18.0 Å². The number of piperidine rings is 1. The van der Waals surface area contributed by atoms with Crippen LogP contribution in [-0.4, -0.2) is 34.4 Å². The standard InChI is InChI=1S/C13H21N3OS/c1-2-18-9-8-16-13(17)10-12(11-14-16)15-6-4-3-5-7-15/h10-11H,2-9H2,1H3. The maximum atomic E-state index is 11.9. The summed E-state index contributed by atoms with van der Waals surface area (Å²) in [6.45, 7) is 4.94. The minimum absolute atomic E-state index is 0.0229. The summed E-state index contributed by atoms with van der Waals surface area (Å²) in [4.78, 5) is 14.2. The molecule has 4 nitrogen and oxygen atoms in total. The van der Waals surface area contributed by atoms with Crippen LogP contribution in [0.2, 0.25) is 0 Å². The van der Waals surface area contributed by atoms with Crippen molar-refractivity contribution in [1.82, 2.24) is 9.78 Å². The summed E-state index contributed by atoms with van der Waals surface area (Å²) in [5, 5.41) is 4.27. The van der Waals surface area contributed by atoms with Crippen molar-refractivity contribution >= 4 is 17.4 Å². The SMILES string of the molecule is CCSCCn1ncc(N2CCCCC2)cc1=O. The number of thioether (sulfide) groups is 1. The fourth-order valence-corrected chi connectivity index (χ4v) is 2.80. The summed E-state index contributed by atoms with van der Waals surface area (Å²) in [6, 6.07) is 1.73. The number of rotatable bonds is 5. The molecule has 0 amide bonds. The minimum atomic E-state index is 0.0229. The summed E-state index contributed by atoms with van der Waals surface area (Å²) >= 11 is 1.83. The fourth-order valence-electron chi connectivity index (χ4n) is 2.21. The number of hydrogen-bond acceptors (Lipinski definition) is 4. The highest BCUT2D eigenvalue weighted by Crippen LogP contribution is 2.16. The summed E-state index contributed by atoms with van der Waals surface area (Å²) in [6.07, 6.45) is 5.57. The highest BCUT2D eigenvalue weighted by atomic mass is 32.2. The number of aryl methyl sites for hydroxylation is 1. The van der Waals surface area contributed by atoms with E-state index in [-0.39, 0.29) is 5.56 Å². The van der Waals surface area contributed by atoms with Gasteiger partial charge in [-0.05, 0) is 25.0 Å². The van der Waals surface area contributed by atoms with E-state index in [9.17, 15) is 4.79 Å². The molecule has 2 rings (SSSR count). The largest absolute Gasteiger partial charge is 0.370 e. The quantitative estimate of drug-likeness (QED) is 0.765. The molecule has 0 aromatic carbocycles. The van der Waals surface area contributed by atoms with Crippen molar-refractivity contribution in [2.45, 2.75) is 32.7 Å². The molecule has 1 aliphatic rings. The maximum absolute atomic E-state index is 11.9. The molecule has 1 fully saturated rings. The first-order valence-electron chi connectivity index (χ1n) is 6.71. The van der Waals surface area contributed by atoms with Gasteiger partial charge in [-0.25, -0.2) is 4.68 Å². The molecule has 5 heteroatoms. The second-order valence-corrected chi connectivity index (χ2v) is 5.91. The molecule has 1 aromatic rings. The first-order valence-corrected chi connectivity index (χ1v) is 7.86. The summed E-state index contributed by atoms with van der Waals surface area (Å²) < 4.78 is 1.57. The average Bonchev–Trinajstić information content (AvgIpc) is 2.42. The molecule has 2 heterocycles. The Labute approximate surface area is 112 Å². The van der Waals surface area contributed by atoms with Gasteiger partial charge in [-0.15, -0.1) is 0 Å². The highest BCUT2D eigenvalue weighted by molar-refractivity contribution is 7.99. The third-order valence-electron chi connectivity index (χ3n) is 3.23. The Morgan fingerprint density at radius 3 is 2.78 bits per heavy atom. The van der Waals surface area contributed by atoms with Crippen LogP contribution in [-0.2, 0) is 6.54 Å². The van der Waals surface area contributed by atoms with E-state index in [0.29, 0.717) is 6.54 Å². The van der Waals surface area contributed by atoms with Gasteiger partial charge in [0.15, 0.2) is 0 Å². The van der Waals surface area contributed by atoms with Gasteiger partial charge in [0.1, 0.15) is 0 Å². The van der Waals surface area contributed by atoms with Crippen LogP contribution in [0.3, 0.4) is 0 Å². The topological polar surface area (TPSA) is 38.1 Å². The number of anilines is 1. The normalized spacial score (nSPS) is 15.9. The molecule has 1 aliphatic heterocycles. The Morgan fingerprint density at radius 1 is 1.33 bits per heavy atom. The smallest absolute Gasteiger partial charge is 0.268 e. The van der Waals surface area contributed by atoms with Gasteiger partial charge < -0.3 is 4.90 Å². The summed E-state index contributed by atoms with van der Waals surface area (Å²) in [5.41, 5.74) is 1.01. The first kappa shape index (κ1) is 13.5. The van der Waals surface area contributed by atoms with Gasteiger partial charge in [-0.2, -0.15) is 16.9 Å². The Morgan fingerprint density at radius 2 is 2.11 bits per heavy atom. The van der Waals surface area contributed by atoms with Crippen LogP contribution < -0.4 is 10.5 Å². The van der Waals surface area contributed by atoms with Crippen LogP contribution in [0.4, 0.5) is 5.69 Å². The molecule has 0 bridgehead atoms. The zero-order chi connectivity index (χ0) is 12.8. The molecule has 0 atom stereocenters. The molecule has 100 valence electrons. The number of aromatic nitrogens is 2. The number of nitrogens with zero attached hydrogens (tertiary/aromatic N) is 3. The Balaban J connectivity index is 2.02. The lowest BCUT2D eigenvalue weighted by molar-refractivity contribution is 0.570. The third kappa shape index (κ3) is 3.51. The molecule has 0 spiro atoms. The number of hydrogen-bond donors (Lipinski definition) is 0. The van der Waals surface area contributed by atoms with Crippen molar-refractivity contribution in [3.8, 4) is 0 Å². The van der Waals surface area contributed by atoms with E-state index in [2.05, 4.69) is 16.9 Å². The van der Waals surface area contributed by atoms with Crippen LogP contribution in [0.1, 0.15) is 26.2 Å². The predicted octanol–water partition coefficient (Wildman–Crippen LogP) is 1.99. The lowest BCUT2D eigenvalue weighted by Gasteiger charge is -2.28. The zero-order valence-electron chi connectivity index (χ0n) is 11.0. The fraction of sp³-hybridized carbons (Fsp3) is 0.692. The Hall–Kier alpha value is -0.970. The van der Waals surface area contributed by atoms with E-state index < -0.39 is 0 Å². The minimum Gasteiger partial charge on any atom is -0.370 e. The van der Waals surface area contributed by atoms with E-state index in [1.54, 1.807) is 10.7 Å². The van der Waals surface area contributed by atoms with Crippen LogP contribution >= 0.6 is 11.8 Å². The highest BCUT2D eigenvalue weighted by Gasteiger charge is 2.12. The van der Waals surface area contributed by atoms with Gasteiger partial charge in [0.25, 0.3) is 5.56 Å². The van der Waals surface area contributed by atoms with Crippen molar-refractivity contribution in [2.24, 2.45) is 0 Å². The van der Waals surface area contributed by atoms with E-state index in [0.717, 1.165) is 30.3 Å². The Bertz CT molecular complexity index is 426. The molecule has 0 N–H and O–H groups in total. The van der Waals surface area contributed by atoms with Gasteiger partial charge in [-0.1, -0.05) is 6.92 Å².